The molecule has 0 heterocycles. The van der Waals surface area contributed by atoms with E-state index in [0.29, 0.717) is 11.8 Å². The lowest BCUT2D eigenvalue weighted by Gasteiger charge is -2.31. The van der Waals surface area contributed by atoms with Crippen LogP contribution in [-0.2, 0) is 0 Å². The Bertz CT molecular complexity index is 456. The first kappa shape index (κ1) is 14.0. The third-order valence-corrected chi connectivity index (χ3v) is 4.42. The van der Waals surface area contributed by atoms with E-state index in [1.165, 1.54) is 18.4 Å². The lowest BCUT2D eigenvalue weighted by Crippen LogP contribution is -2.20. The summed E-state index contributed by atoms with van der Waals surface area (Å²) in [4.78, 5) is 12.3. The Hall–Kier alpha value is -1.37. The Morgan fingerprint density at radius 3 is 2.53 bits per heavy atom. The van der Waals surface area contributed by atoms with Gasteiger partial charge in [0.25, 0.3) is 0 Å². The first-order valence-corrected chi connectivity index (χ1v) is 7.37. The second-order valence-electron chi connectivity index (χ2n) is 6.14. The van der Waals surface area contributed by atoms with Gasteiger partial charge < -0.3 is 0 Å². The standard InChI is InChI=1S/C18H24O/c1-13(2)16-10-9-14(3)17(11-16)12-18(19)15-7-5-4-6-8-15/h4-8,12-14,16H,9-11H2,1-3H3/b17-12-/t14-,16+/m0/s1. The molecular formula is C18H24O. The largest absolute Gasteiger partial charge is 0.289 e. The van der Waals surface area contributed by atoms with Crippen LogP contribution in [-0.4, -0.2) is 5.78 Å². The quantitative estimate of drug-likeness (QED) is 0.556. The fourth-order valence-corrected chi connectivity index (χ4v) is 2.88. The van der Waals surface area contributed by atoms with Crippen molar-refractivity contribution in [2.75, 3.05) is 0 Å². The highest BCUT2D eigenvalue weighted by Gasteiger charge is 2.25. The average Bonchev–Trinajstić information content (AvgIpc) is 2.42. The molecule has 0 amide bonds. The van der Waals surface area contributed by atoms with E-state index in [4.69, 9.17) is 0 Å². The van der Waals surface area contributed by atoms with Crippen molar-refractivity contribution in [2.45, 2.75) is 40.0 Å². The normalized spacial score (nSPS) is 25.8. The highest BCUT2D eigenvalue weighted by molar-refractivity contribution is 6.04. The molecule has 1 aliphatic rings. The molecule has 1 fully saturated rings. The van der Waals surface area contributed by atoms with E-state index in [1.807, 2.05) is 36.4 Å². The molecule has 102 valence electrons. The number of rotatable bonds is 3. The smallest absolute Gasteiger partial charge is 0.185 e. The second-order valence-corrected chi connectivity index (χ2v) is 6.14. The zero-order valence-electron chi connectivity index (χ0n) is 12.2. The molecular weight excluding hydrogens is 232 g/mol. The predicted molar refractivity (Wildman–Crippen MR) is 80.2 cm³/mol. The number of hydrogen-bond donors (Lipinski definition) is 0. The molecule has 19 heavy (non-hydrogen) atoms. The Labute approximate surface area is 116 Å². The fourth-order valence-electron chi connectivity index (χ4n) is 2.88. The van der Waals surface area contributed by atoms with Crippen molar-refractivity contribution in [2.24, 2.45) is 17.8 Å². The van der Waals surface area contributed by atoms with E-state index < -0.39 is 0 Å². The van der Waals surface area contributed by atoms with Crippen LogP contribution < -0.4 is 0 Å². The molecule has 1 aromatic carbocycles. The van der Waals surface area contributed by atoms with E-state index >= 15 is 0 Å². The summed E-state index contributed by atoms with van der Waals surface area (Å²) in [6.45, 7) is 6.83. The summed E-state index contributed by atoms with van der Waals surface area (Å²) in [5, 5.41) is 0. The number of carbonyl (C=O) groups is 1. The maximum atomic E-state index is 12.3. The van der Waals surface area contributed by atoms with Crippen LogP contribution in [0.25, 0.3) is 0 Å². The molecule has 0 aliphatic heterocycles. The summed E-state index contributed by atoms with van der Waals surface area (Å²) in [6.07, 6.45) is 5.51. The van der Waals surface area contributed by atoms with Crippen LogP contribution in [0.3, 0.4) is 0 Å². The molecule has 0 saturated heterocycles. The van der Waals surface area contributed by atoms with Gasteiger partial charge >= 0.3 is 0 Å². The van der Waals surface area contributed by atoms with E-state index in [1.54, 1.807) is 0 Å². The lowest BCUT2D eigenvalue weighted by molar-refractivity contribution is 0.104. The minimum atomic E-state index is 0.159. The molecule has 1 aromatic rings. The van der Waals surface area contributed by atoms with E-state index in [0.717, 1.165) is 17.9 Å². The molecule has 0 bridgehead atoms. The Balaban J connectivity index is 2.14. The van der Waals surface area contributed by atoms with Crippen LogP contribution in [0.15, 0.2) is 42.0 Å². The highest BCUT2D eigenvalue weighted by atomic mass is 16.1. The van der Waals surface area contributed by atoms with Crippen molar-refractivity contribution in [1.82, 2.24) is 0 Å². The van der Waals surface area contributed by atoms with Crippen LogP contribution >= 0.6 is 0 Å². The number of ketones is 1. The molecule has 0 spiro atoms. The van der Waals surface area contributed by atoms with E-state index in [2.05, 4.69) is 20.8 Å². The van der Waals surface area contributed by atoms with Gasteiger partial charge in [-0.25, -0.2) is 0 Å². The van der Waals surface area contributed by atoms with Crippen molar-refractivity contribution >= 4 is 5.78 Å². The first-order valence-electron chi connectivity index (χ1n) is 7.37. The summed E-state index contributed by atoms with van der Waals surface area (Å²) < 4.78 is 0. The number of carbonyl (C=O) groups excluding carboxylic acids is 1. The van der Waals surface area contributed by atoms with Crippen molar-refractivity contribution in [3.05, 3.63) is 47.5 Å². The molecule has 0 radical (unpaired) electrons. The third kappa shape index (κ3) is 3.56. The van der Waals surface area contributed by atoms with Gasteiger partial charge in [0.05, 0.1) is 0 Å². The summed E-state index contributed by atoms with van der Waals surface area (Å²) >= 11 is 0. The number of benzene rings is 1. The average molecular weight is 256 g/mol. The first-order chi connectivity index (χ1) is 9.08. The van der Waals surface area contributed by atoms with Gasteiger partial charge in [-0.2, -0.15) is 0 Å². The highest BCUT2D eigenvalue weighted by Crippen LogP contribution is 2.36. The number of hydrogen-bond acceptors (Lipinski definition) is 1. The summed E-state index contributed by atoms with van der Waals surface area (Å²) in [6, 6.07) is 9.58. The molecule has 1 heteroatoms. The SMILES string of the molecule is CC(C)[C@@H]1CC[C@H](C)/C(=C\C(=O)c2ccccc2)C1. The van der Waals surface area contributed by atoms with Gasteiger partial charge in [0.1, 0.15) is 0 Å². The van der Waals surface area contributed by atoms with Gasteiger partial charge in [-0.3, -0.25) is 4.79 Å². The van der Waals surface area contributed by atoms with Crippen molar-refractivity contribution in [3.63, 3.8) is 0 Å². The van der Waals surface area contributed by atoms with Gasteiger partial charge in [0, 0.05) is 5.56 Å². The maximum absolute atomic E-state index is 12.3. The molecule has 0 unspecified atom stereocenters. The topological polar surface area (TPSA) is 17.1 Å². The van der Waals surface area contributed by atoms with Crippen LogP contribution in [0.5, 0.6) is 0 Å². The third-order valence-electron chi connectivity index (χ3n) is 4.42. The van der Waals surface area contributed by atoms with Crippen LogP contribution in [0.2, 0.25) is 0 Å². The molecule has 0 N–H and O–H groups in total. The maximum Gasteiger partial charge on any atom is 0.185 e. The monoisotopic (exact) mass is 256 g/mol. The van der Waals surface area contributed by atoms with Crippen LogP contribution in [0, 0.1) is 17.8 Å². The molecule has 1 saturated carbocycles. The Morgan fingerprint density at radius 1 is 1.21 bits per heavy atom. The van der Waals surface area contributed by atoms with E-state index in [9.17, 15) is 4.79 Å². The summed E-state index contributed by atoms with van der Waals surface area (Å²) in [5.74, 6) is 2.17. The Morgan fingerprint density at radius 2 is 1.89 bits per heavy atom. The van der Waals surface area contributed by atoms with Crippen LogP contribution in [0.1, 0.15) is 50.4 Å². The molecule has 1 nitrogen and oxygen atoms in total. The van der Waals surface area contributed by atoms with Crippen molar-refractivity contribution in [3.8, 4) is 0 Å². The summed E-state index contributed by atoms with van der Waals surface area (Å²) in [5.41, 5.74) is 2.15. The zero-order chi connectivity index (χ0) is 13.8. The van der Waals surface area contributed by atoms with Gasteiger partial charge in [-0.15, -0.1) is 0 Å². The lowest BCUT2D eigenvalue weighted by atomic mass is 9.74. The Kier molecular flexibility index (Phi) is 4.57. The van der Waals surface area contributed by atoms with Gasteiger partial charge in [-0.05, 0) is 43.1 Å². The van der Waals surface area contributed by atoms with E-state index in [-0.39, 0.29) is 5.78 Å². The number of allylic oxidation sites excluding steroid dienone is 2. The summed E-state index contributed by atoms with van der Waals surface area (Å²) in [7, 11) is 0. The van der Waals surface area contributed by atoms with Crippen LogP contribution in [0.4, 0.5) is 0 Å². The van der Waals surface area contributed by atoms with Gasteiger partial charge in [0.15, 0.2) is 5.78 Å². The predicted octanol–water partition coefficient (Wildman–Crippen LogP) is 4.89. The van der Waals surface area contributed by atoms with Gasteiger partial charge in [-0.1, -0.05) is 56.7 Å². The molecule has 1 aliphatic carbocycles. The minimum Gasteiger partial charge on any atom is -0.289 e. The molecule has 2 rings (SSSR count). The van der Waals surface area contributed by atoms with Crippen molar-refractivity contribution < 1.29 is 4.79 Å². The minimum absolute atomic E-state index is 0.159. The second kappa shape index (κ2) is 6.18. The molecule has 2 atom stereocenters. The molecule has 0 aromatic heterocycles. The van der Waals surface area contributed by atoms with Crippen molar-refractivity contribution in [1.29, 1.82) is 0 Å². The fraction of sp³-hybridized carbons (Fsp3) is 0.500. The van der Waals surface area contributed by atoms with Gasteiger partial charge in [0.2, 0.25) is 0 Å². The zero-order valence-corrected chi connectivity index (χ0v) is 12.2.